The van der Waals surface area contributed by atoms with Gasteiger partial charge in [-0.15, -0.1) is 0 Å². The molecule has 0 aliphatic carbocycles. The van der Waals surface area contributed by atoms with Crippen molar-refractivity contribution in [1.82, 2.24) is 4.98 Å². The lowest BCUT2D eigenvalue weighted by Gasteiger charge is -2.16. The zero-order valence-electron chi connectivity index (χ0n) is 9.20. The third-order valence-electron chi connectivity index (χ3n) is 2.73. The summed E-state index contributed by atoms with van der Waals surface area (Å²) in [6, 6.07) is 3.83. The predicted octanol–water partition coefficient (Wildman–Crippen LogP) is 2.86. The van der Waals surface area contributed by atoms with Crippen molar-refractivity contribution in [3.63, 3.8) is 0 Å². The Morgan fingerprint density at radius 1 is 1.50 bits per heavy atom. The number of hydrogen-bond acceptors (Lipinski definition) is 2. The SMILES string of the molecule is CCC(C)CC(O)c1cccnc1C. The molecule has 2 unspecified atom stereocenters. The second-order valence-corrected chi connectivity index (χ2v) is 3.94. The molecule has 78 valence electrons. The highest BCUT2D eigenvalue weighted by molar-refractivity contribution is 5.20. The normalized spacial score (nSPS) is 15.1. The first kappa shape index (κ1) is 11.2. The molecule has 0 bridgehead atoms. The van der Waals surface area contributed by atoms with Crippen LogP contribution < -0.4 is 0 Å². The molecule has 2 atom stereocenters. The number of aryl methyl sites for hydroxylation is 1. The minimum Gasteiger partial charge on any atom is -0.388 e. The Bertz CT molecular complexity index is 285. The fourth-order valence-corrected chi connectivity index (χ4v) is 1.52. The molecule has 2 heteroatoms. The largest absolute Gasteiger partial charge is 0.388 e. The number of nitrogens with zero attached hydrogens (tertiary/aromatic N) is 1. The Morgan fingerprint density at radius 2 is 2.21 bits per heavy atom. The Labute approximate surface area is 86.0 Å². The summed E-state index contributed by atoms with van der Waals surface area (Å²) in [7, 11) is 0. The van der Waals surface area contributed by atoms with E-state index in [-0.39, 0.29) is 6.10 Å². The number of pyridine rings is 1. The first-order chi connectivity index (χ1) is 6.65. The van der Waals surface area contributed by atoms with Crippen LogP contribution in [-0.2, 0) is 0 Å². The molecule has 0 aromatic carbocycles. The predicted molar refractivity (Wildman–Crippen MR) is 58.0 cm³/mol. The summed E-state index contributed by atoms with van der Waals surface area (Å²) in [5.74, 6) is 0.560. The molecule has 2 nitrogen and oxygen atoms in total. The minimum atomic E-state index is -0.362. The van der Waals surface area contributed by atoms with E-state index in [2.05, 4.69) is 18.8 Å². The van der Waals surface area contributed by atoms with Gasteiger partial charge in [0.15, 0.2) is 0 Å². The van der Waals surface area contributed by atoms with E-state index in [1.54, 1.807) is 6.20 Å². The topological polar surface area (TPSA) is 33.1 Å². The molecule has 14 heavy (non-hydrogen) atoms. The number of aliphatic hydroxyl groups excluding tert-OH is 1. The molecule has 0 spiro atoms. The van der Waals surface area contributed by atoms with E-state index in [9.17, 15) is 5.11 Å². The summed E-state index contributed by atoms with van der Waals surface area (Å²) in [6.07, 6.45) is 3.33. The van der Waals surface area contributed by atoms with Gasteiger partial charge in [0.2, 0.25) is 0 Å². The van der Waals surface area contributed by atoms with Crippen molar-refractivity contribution in [3.8, 4) is 0 Å². The van der Waals surface area contributed by atoms with Crippen LogP contribution in [0, 0.1) is 12.8 Å². The summed E-state index contributed by atoms with van der Waals surface area (Å²) >= 11 is 0. The van der Waals surface area contributed by atoms with E-state index >= 15 is 0 Å². The van der Waals surface area contributed by atoms with E-state index in [1.807, 2.05) is 19.1 Å². The van der Waals surface area contributed by atoms with E-state index in [0.29, 0.717) is 5.92 Å². The van der Waals surface area contributed by atoms with Crippen LogP contribution in [0.1, 0.15) is 44.1 Å². The van der Waals surface area contributed by atoms with Crippen molar-refractivity contribution in [2.75, 3.05) is 0 Å². The van der Waals surface area contributed by atoms with Crippen LogP contribution in [0.15, 0.2) is 18.3 Å². The molecule has 1 rings (SSSR count). The van der Waals surface area contributed by atoms with Crippen LogP contribution in [0.5, 0.6) is 0 Å². The van der Waals surface area contributed by atoms with Gasteiger partial charge in [-0.2, -0.15) is 0 Å². The van der Waals surface area contributed by atoms with Gasteiger partial charge in [-0.1, -0.05) is 26.3 Å². The van der Waals surface area contributed by atoms with Gasteiger partial charge in [-0.25, -0.2) is 0 Å². The lowest BCUT2D eigenvalue weighted by atomic mass is 9.96. The number of aromatic nitrogens is 1. The second kappa shape index (κ2) is 5.11. The highest BCUT2D eigenvalue weighted by Crippen LogP contribution is 2.23. The fraction of sp³-hybridized carbons (Fsp3) is 0.583. The molecular weight excluding hydrogens is 174 g/mol. The van der Waals surface area contributed by atoms with Gasteiger partial charge in [0.1, 0.15) is 0 Å². The molecule has 0 saturated carbocycles. The van der Waals surface area contributed by atoms with Gasteiger partial charge >= 0.3 is 0 Å². The molecule has 0 aliphatic heterocycles. The van der Waals surface area contributed by atoms with Crippen molar-refractivity contribution in [3.05, 3.63) is 29.6 Å². The smallest absolute Gasteiger partial charge is 0.0810 e. The van der Waals surface area contributed by atoms with Crippen LogP contribution in [0.2, 0.25) is 0 Å². The van der Waals surface area contributed by atoms with Gasteiger partial charge in [0, 0.05) is 17.5 Å². The fourth-order valence-electron chi connectivity index (χ4n) is 1.52. The molecule has 0 fully saturated rings. The monoisotopic (exact) mass is 193 g/mol. The number of rotatable bonds is 4. The van der Waals surface area contributed by atoms with Crippen molar-refractivity contribution in [2.45, 2.75) is 39.7 Å². The van der Waals surface area contributed by atoms with Crippen molar-refractivity contribution in [1.29, 1.82) is 0 Å². The van der Waals surface area contributed by atoms with Gasteiger partial charge in [0.25, 0.3) is 0 Å². The van der Waals surface area contributed by atoms with Crippen LogP contribution in [0.3, 0.4) is 0 Å². The Kier molecular flexibility index (Phi) is 4.08. The number of aliphatic hydroxyl groups is 1. The molecule has 1 heterocycles. The lowest BCUT2D eigenvalue weighted by molar-refractivity contribution is 0.145. The summed E-state index contributed by atoms with van der Waals surface area (Å²) in [4.78, 5) is 4.17. The molecular formula is C12H19NO. The van der Waals surface area contributed by atoms with Crippen molar-refractivity contribution < 1.29 is 5.11 Å². The first-order valence-electron chi connectivity index (χ1n) is 5.24. The van der Waals surface area contributed by atoms with Gasteiger partial charge in [0.05, 0.1) is 6.10 Å². The van der Waals surface area contributed by atoms with Crippen molar-refractivity contribution >= 4 is 0 Å². The standard InChI is InChI=1S/C12H19NO/c1-4-9(2)8-12(14)11-6-5-7-13-10(11)3/h5-7,9,12,14H,4,8H2,1-3H3. The molecule has 1 aromatic heterocycles. The number of hydrogen-bond donors (Lipinski definition) is 1. The molecule has 0 radical (unpaired) electrons. The van der Waals surface area contributed by atoms with Crippen molar-refractivity contribution in [2.24, 2.45) is 5.92 Å². The average molecular weight is 193 g/mol. The van der Waals surface area contributed by atoms with E-state index < -0.39 is 0 Å². The van der Waals surface area contributed by atoms with E-state index in [1.165, 1.54) is 0 Å². The summed E-state index contributed by atoms with van der Waals surface area (Å²) in [5.41, 5.74) is 1.90. The maximum Gasteiger partial charge on any atom is 0.0810 e. The third kappa shape index (κ3) is 2.81. The zero-order valence-corrected chi connectivity index (χ0v) is 9.20. The Hall–Kier alpha value is -0.890. The van der Waals surface area contributed by atoms with Gasteiger partial charge in [-0.05, 0) is 25.3 Å². The Balaban J connectivity index is 2.69. The van der Waals surface area contributed by atoms with Gasteiger partial charge < -0.3 is 5.11 Å². The van der Waals surface area contributed by atoms with Crippen LogP contribution in [0.4, 0.5) is 0 Å². The second-order valence-electron chi connectivity index (χ2n) is 3.94. The third-order valence-corrected chi connectivity index (χ3v) is 2.73. The highest BCUT2D eigenvalue weighted by Gasteiger charge is 2.13. The summed E-state index contributed by atoms with van der Waals surface area (Å²) in [5, 5.41) is 9.96. The first-order valence-corrected chi connectivity index (χ1v) is 5.24. The maximum atomic E-state index is 9.96. The summed E-state index contributed by atoms with van der Waals surface area (Å²) < 4.78 is 0. The minimum absolute atomic E-state index is 0.362. The highest BCUT2D eigenvalue weighted by atomic mass is 16.3. The van der Waals surface area contributed by atoms with Crippen LogP contribution >= 0.6 is 0 Å². The average Bonchev–Trinajstić information content (AvgIpc) is 2.18. The molecule has 1 N–H and O–H groups in total. The molecule has 0 amide bonds. The quantitative estimate of drug-likeness (QED) is 0.797. The lowest BCUT2D eigenvalue weighted by Crippen LogP contribution is -2.06. The maximum absolute atomic E-state index is 9.96. The molecule has 0 saturated heterocycles. The molecule has 0 aliphatic rings. The van der Waals surface area contributed by atoms with Gasteiger partial charge in [-0.3, -0.25) is 4.98 Å². The Morgan fingerprint density at radius 3 is 2.79 bits per heavy atom. The molecule has 1 aromatic rings. The van der Waals surface area contributed by atoms with E-state index in [0.717, 1.165) is 24.1 Å². The van der Waals surface area contributed by atoms with Crippen LogP contribution in [-0.4, -0.2) is 10.1 Å². The van der Waals surface area contributed by atoms with Crippen LogP contribution in [0.25, 0.3) is 0 Å². The summed E-state index contributed by atoms with van der Waals surface area (Å²) in [6.45, 7) is 6.25. The zero-order chi connectivity index (χ0) is 10.6. The van der Waals surface area contributed by atoms with E-state index in [4.69, 9.17) is 0 Å².